The Morgan fingerprint density at radius 1 is 1.20 bits per heavy atom. The van der Waals surface area contributed by atoms with E-state index in [1.807, 2.05) is 4.90 Å². The van der Waals surface area contributed by atoms with Crippen LogP contribution in [0, 0.1) is 34.3 Å². The SMILES string of the molecule is CN(c1nc(OCC23CCCN2CC(F)C3)nc2c(F)c(-c3ccc(F)c4sc(N)c(C#N)c34)c(C(F)(F)F)cc12)C1(CC#N)CC(O)C1. The van der Waals surface area contributed by atoms with Gasteiger partial charge < -0.3 is 20.5 Å². The highest BCUT2D eigenvalue weighted by atomic mass is 32.1. The van der Waals surface area contributed by atoms with E-state index in [1.54, 1.807) is 6.07 Å². The van der Waals surface area contributed by atoms with Crippen LogP contribution >= 0.6 is 11.3 Å². The highest BCUT2D eigenvalue weighted by Crippen LogP contribution is 2.50. The van der Waals surface area contributed by atoms with Gasteiger partial charge >= 0.3 is 12.2 Å². The van der Waals surface area contributed by atoms with Gasteiger partial charge in [0.05, 0.1) is 45.5 Å². The zero-order valence-electron chi connectivity index (χ0n) is 26.0. The molecule has 7 rings (SSSR count). The van der Waals surface area contributed by atoms with Gasteiger partial charge in [-0.2, -0.15) is 33.7 Å². The molecule has 3 N–H and O–H groups in total. The fourth-order valence-electron chi connectivity index (χ4n) is 7.88. The summed E-state index contributed by atoms with van der Waals surface area (Å²) in [6.07, 6.45) is -5.26. The summed E-state index contributed by atoms with van der Waals surface area (Å²) in [6, 6.07) is 6.02. The van der Waals surface area contributed by atoms with Crippen molar-refractivity contribution in [3.63, 3.8) is 0 Å². The molecule has 2 aromatic carbocycles. The minimum absolute atomic E-state index is 0.0580. The number of alkyl halides is 4. The fourth-order valence-corrected chi connectivity index (χ4v) is 8.83. The van der Waals surface area contributed by atoms with Gasteiger partial charge in [-0.3, -0.25) is 4.90 Å². The maximum Gasteiger partial charge on any atom is 0.417 e. The van der Waals surface area contributed by atoms with Gasteiger partial charge in [-0.25, -0.2) is 13.2 Å². The van der Waals surface area contributed by atoms with Crippen LogP contribution in [-0.4, -0.2) is 70.1 Å². The molecule has 0 amide bonds. The number of hydrogen-bond donors (Lipinski definition) is 2. The van der Waals surface area contributed by atoms with Gasteiger partial charge in [0.2, 0.25) is 0 Å². The van der Waals surface area contributed by atoms with Crippen molar-refractivity contribution in [3.8, 4) is 29.3 Å². The first-order valence-corrected chi connectivity index (χ1v) is 16.4. The largest absolute Gasteiger partial charge is 0.461 e. The summed E-state index contributed by atoms with van der Waals surface area (Å²) >= 11 is 0.659. The first kappa shape index (κ1) is 33.1. The molecule has 3 aliphatic rings. The molecule has 16 heteroatoms. The van der Waals surface area contributed by atoms with Crippen molar-refractivity contribution in [3.05, 3.63) is 41.0 Å². The molecule has 2 aromatic heterocycles. The van der Waals surface area contributed by atoms with E-state index in [2.05, 4.69) is 16.0 Å². The summed E-state index contributed by atoms with van der Waals surface area (Å²) in [5.41, 5.74) is 0.576. The maximum atomic E-state index is 17.0. The van der Waals surface area contributed by atoms with Gasteiger partial charge in [-0.05, 0) is 49.9 Å². The van der Waals surface area contributed by atoms with E-state index in [4.69, 9.17) is 10.5 Å². The second kappa shape index (κ2) is 11.6. The van der Waals surface area contributed by atoms with E-state index in [0.29, 0.717) is 30.4 Å². The van der Waals surface area contributed by atoms with Crippen molar-refractivity contribution in [2.45, 2.75) is 68.1 Å². The van der Waals surface area contributed by atoms with Crippen LogP contribution in [0.25, 0.3) is 32.1 Å². The predicted octanol–water partition coefficient (Wildman–Crippen LogP) is 6.46. The number of benzene rings is 2. The molecule has 49 heavy (non-hydrogen) atoms. The number of nitrogens with zero attached hydrogens (tertiary/aromatic N) is 6. The Hall–Kier alpha value is -4.38. The molecule has 0 radical (unpaired) electrons. The van der Waals surface area contributed by atoms with Crippen LogP contribution in [0.2, 0.25) is 0 Å². The molecule has 0 spiro atoms. The number of anilines is 2. The van der Waals surface area contributed by atoms with E-state index in [-0.39, 0.29) is 76.7 Å². The molecular formula is C33H29F6N7O2S. The number of aliphatic hydroxyl groups is 1. The molecule has 0 bridgehead atoms. The number of aromatic nitrogens is 2. The molecular weight excluding hydrogens is 672 g/mol. The number of ether oxygens (including phenoxy) is 1. The predicted molar refractivity (Wildman–Crippen MR) is 170 cm³/mol. The normalized spacial score (nSPS) is 25.3. The van der Waals surface area contributed by atoms with E-state index in [9.17, 15) is 37.6 Å². The molecule has 4 aromatic rings. The third-order valence-corrected chi connectivity index (χ3v) is 11.3. The topological polar surface area (TPSA) is 135 Å². The highest BCUT2D eigenvalue weighted by molar-refractivity contribution is 7.23. The van der Waals surface area contributed by atoms with Gasteiger partial charge in [-0.1, -0.05) is 6.07 Å². The van der Waals surface area contributed by atoms with Gasteiger partial charge in [0.25, 0.3) is 0 Å². The Kier molecular flexibility index (Phi) is 7.85. The molecule has 256 valence electrons. The lowest BCUT2D eigenvalue weighted by Crippen LogP contribution is -2.58. The average Bonchev–Trinajstić information content (AvgIpc) is 3.68. The number of nitrogen functional groups attached to an aromatic ring is 1. The average molecular weight is 702 g/mol. The number of hydrogen-bond acceptors (Lipinski definition) is 10. The Morgan fingerprint density at radius 2 is 1.96 bits per heavy atom. The molecule has 4 heterocycles. The first-order valence-electron chi connectivity index (χ1n) is 15.5. The second-order valence-corrected chi connectivity index (χ2v) is 14.2. The van der Waals surface area contributed by atoms with Crippen molar-refractivity contribution < 1.29 is 36.2 Å². The minimum Gasteiger partial charge on any atom is -0.461 e. The van der Waals surface area contributed by atoms with Gasteiger partial charge in [0.1, 0.15) is 41.0 Å². The van der Waals surface area contributed by atoms with Gasteiger partial charge in [0.15, 0.2) is 5.82 Å². The monoisotopic (exact) mass is 701 g/mol. The zero-order valence-corrected chi connectivity index (χ0v) is 26.9. The van der Waals surface area contributed by atoms with Crippen molar-refractivity contribution in [1.29, 1.82) is 10.5 Å². The minimum atomic E-state index is -5.15. The quantitative estimate of drug-likeness (QED) is 0.208. The molecule has 3 fully saturated rings. The maximum absolute atomic E-state index is 17.0. The molecule has 2 aliphatic heterocycles. The van der Waals surface area contributed by atoms with E-state index in [0.717, 1.165) is 18.6 Å². The van der Waals surface area contributed by atoms with Crippen LogP contribution in [0.1, 0.15) is 49.7 Å². The molecule has 2 saturated heterocycles. The number of nitriles is 2. The number of nitrogens with two attached hydrogens (primary N) is 1. The van der Waals surface area contributed by atoms with Crippen LogP contribution < -0.4 is 15.4 Å². The molecule has 2 unspecified atom stereocenters. The Bertz CT molecular complexity index is 2090. The van der Waals surface area contributed by atoms with Gasteiger partial charge in [0, 0.05) is 36.3 Å². The number of halogens is 6. The van der Waals surface area contributed by atoms with Gasteiger partial charge in [-0.15, -0.1) is 11.3 Å². The molecule has 1 saturated carbocycles. The molecule has 2 atom stereocenters. The smallest absolute Gasteiger partial charge is 0.417 e. The Labute approximate surface area is 280 Å². The number of rotatable bonds is 7. The summed E-state index contributed by atoms with van der Waals surface area (Å²) in [5, 5.41) is 28.9. The molecule has 9 nitrogen and oxygen atoms in total. The lowest BCUT2D eigenvalue weighted by atomic mass is 9.71. The van der Waals surface area contributed by atoms with Crippen molar-refractivity contribution in [2.24, 2.45) is 0 Å². The van der Waals surface area contributed by atoms with Crippen molar-refractivity contribution in [2.75, 3.05) is 37.4 Å². The number of aliphatic hydroxyl groups excluding tert-OH is 1. The summed E-state index contributed by atoms with van der Waals surface area (Å²) in [5.74, 6) is -2.45. The summed E-state index contributed by atoms with van der Waals surface area (Å²) in [7, 11) is 1.49. The van der Waals surface area contributed by atoms with Crippen LogP contribution in [0.4, 0.5) is 37.2 Å². The highest BCUT2D eigenvalue weighted by Gasteiger charge is 2.50. The summed E-state index contributed by atoms with van der Waals surface area (Å²) in [4.78, 5) is 12.2. The molecule has 1 aliphatic carbocycles. The third kappa shape index (κ3) is 5.19. The number of thiophene rings is 1. The van der Waals surface area contributed by atoms with Crippen molar-refractivity contribution >= 4 is 43.1 Å². The van der Waals surface area contributed by atoms with Crippen LogP contribution in [0.3, 0.4) is 0 Å². The van der Waals surface area contributed by atoms with Crippen molar-refractivity contribution in [1.82, 2.24) is 14.9 Å². The van der Waals surface area contributed by atoms with E-state index < -0.39 is 63.4 Å². The third-order valence-electron chi connectivity index (χ3n) is 10.3. The number of fused-ring (bicyclic) bond motifs is 3. The Balaban J connectivity index is 1.48. The zero-order chi connectivity index (χ0) is 35.0. The van der Waals surface area contributed by atoms with E-state index in [1.165, 1.54) is 11.9 Å². The Morgan fingerprint density at radius 3 is 2.63 bits per heavy atom. The standard InChI is InChI=1S/C33H29F6N7O2S/c1-45(31(6-7-40)11-17(47)12-31)29-19-9-21(33(37,38)39)24(18-3-4-22(35)27-23(18)20(13-41)28(42)49-27)25(36)26(19)43-30(44-29)48-15-32-5-2-8-46(32)14-16(34)10-32/h3-4,9,16-17,47H,2,5-6,8,10-12,14-15,42H2,1H3. The second-order valence-electron chi connectivity index (χ2n) is 13.1. The fraction of sp³-hybridized carbons (Fsp3) is 0.455. The lowest BCUT2D eigenvalue weighted by molar-refractivity contribution is -0.137. The lowest BCUT2D eigenvalue weighted by Gasteiger charge is -2.50. The first-order chi connectivity index (χ1) is 23.2. The van der Waals surface area contributed by atoms with E-state index >= 15 is 4.39 Å². The summed E-state index contributed by atoms with van der Waals surface area (Å²) in [6.45, 7) is 0.839. The van der Waals surface area contributed by atoms with Crippen LogP contribution in [-0.2, 0) is 6.18 Å². The van der Waals surface area contributed by atoms with Crippen LogP contribution in [0.15, 0.2) is 18.2 Å². The summed E-state index contributed by atoms with van der Waals surface area (Å²) < 4.78 is 97.0. The van der Waals surface area contributed by atoms with Crippen LogP contribution in [0.5, 0.6) is 6.01 Å².